The summed E-state index contributed by atoms with van der Waals surface area (Å²) in [6.45, 7) is 11.6. The largest absolute Gasteiger partial charge is 0.453 e. The summed E-state index contributed by atoms with van der Waals surface area (Å²) in [6, 6.07) is 18.1. The minimum absolute atomic E-state index is 0.0323. The molecule has 4 aliphatic rings. The fraction of sp³-hybridized carbons (Fsp3) is 0.522. The lowest BCUT2D eigenvalue weighted by Gasteiger charge is -2.33. The van der Waals surface area contributed by atoms with E-state index in [9.17, 15) is 19.2 Å². The number of amides is 4. The van der Waals surface area contributed by atoms with E-state index in [1.807, 2.05) is 63.5 Å². The van der Waals surface area contributed by atoms with Gasteiger partial charge in [-0.1, -0.05) is 99.4 Å². The predicted octanol–water partition coefficient (Wildman–Crippen LogP) is 7.24. The summed E-state index contributed by atoms with van der Waals surface area (Å²) in [5, 5.41) is 14.3. The number of halogens is 2. The Morgan fingerprint density at radius 1 is 0.629 bits per heavy atom. The van der Waals surface area contributed by atoms with Gasteiger partial charge in [-0.3, -0.25) is 19.6 Å². The summed E-state index contributed by atoms with van der Waals surface area (Å²) >= 11 is 13.8. The molecule has 2 fully saturated rings. The minimum Gasteiger partial charge on any atom is -0.453 e. The number of nitrogens with one attached hydrogen (secondary N) is 4. The molecule has 14 nitrogen and oxygen atoms in total. The fourth-order valence-corrected chi connectivity index (χ4v) is 9.89. The summed E-state index contributed by atoms with van der Waals surface area (Å²) in [5.74, 6) is 0.745. The number of nitrogens with zero attached hydrogens (tertiary/aromatic N) is 4. The van der Waals surface area contributed by atoms with Crippen molar-refractivity contribution >= 4 is 69.6 Å². The second-order valence-corrected chi connectivity index (χ2v) is 18.5. The highest BCUT2D eigenvalue weighted by Gasteiger charge is 2.46. The first-order valence-electron chi connectivity index (χ1n) is 21.5. The average molecular weight is 890 g/mol. The van der Waals surface area contributed by atoms with Crippen molar-refractivity contribution in [3.8, 4) is 11.1 Å². The van der Waals surface area contributed by atoms with Gasteiger partial charge in [0.25, 0.3) is 0 Å². The number of alkyl carbamates (subject to hydrolysis) is 2. The molecule has 0 bridgehead atoms. The van der Waals surface area contributed by atoms with E-state index in [4.69, 9.17) is 42.7 Å². The van der Waals surface area contributed by atoms with Crippen LogP contribution in [0.2, 0.25) is 0 Å². The van der Waals surface area contributed by atoms with Crippen molar-refractivity contribution in [1.29, 1.82) is 0 Å². The van der Waals surface area contributed by atoms with Crippen molar-refractivity contribution in [3.63, 3.8) is 0 Å². The molecule has 0 radical (unpaired) electrons. The molecule has 7 rings (SSSR count). The summed E-state index contributed by atoms with van der Waals surface area (Å²) < 4.78 is 9.60. The van der Waals surface area contributed by atoms with Crippen molar-refractivity contribution in [3.05, 3.63) is 71.8 Å². The molecule has 3 aromatic carbocycles. The maximum atomic E-state index is 13.9. The molecular weight excluding hydrogens is 831 g/mol. The van der Waals surface area contributed by atoms with Crippen LogP contribution in [0.5, 0.6) is 0 Å². The first-order chi connectivity index (χ1) is 29.6. The van der Waals surface area contributed by atoms with Gasteiger partial charge >= 0.3 is 12.2 Å². The number of carbonyl (C=O) groups excluding carboxylic acids is 4. The van der Waals surface area contributed by atoms with Gasteiger partial charge in [0.2, 0.25) is 11.8 Å². The van der Waals surface area contributed by atoms with Gasteiger partial charge in [0.05, 0.1) is 26.3 Å². The lowest BCUT2D eigenvalue weighted by atomic mass is 9.97. The van der Waals surface area contributed by atoms with Crippen LogP contribution in [0.1, 0.15) is 90.4 Å². The van der Waals surface area contributed by atoms with Gasteiger partial charge in [-0.05, 0) is 96.5 Å². The smallest absolute Gasteiger partial charge is 0.407 e. The summed E-state index contributed by atoms with van der Waals surface area (Å²) in [7, 11) is 2.57. The van der Waals surface area contributed by atoms with Gasteiger partial charge in [0, 0.05) is 12.1 Å². The Hall–Kier alpha value is -5.08. The van der Waals surface area contributed by atoms with E-state index in [0.717, 1.165) is 58.7 Å². The maximum Gasteiger partial charge on any atom is 0.407 e. The number of likely N-dealkylation sites (tertiary alicyclic amines) is 2. The summed E-state index contributed by atoms with van der Waals surface area (Å²) in [5.41, 5.74) is 3.03. The molecule has 16 heteroatoms. The van der Waals surface area contributed by atoms with E-state index in [-0.39, 0.29) is 59.9 Å². The Labute approximate surface area is 373 Å². The molecule has 0 spiro atoms. The second-order valence-electron chi connectivity index (χ2n) is 17.5. The molecule has 4 N–H and O–H groups in total. The molecule has 3 aromatic rings. The molecule has 4 unspecified atom stereocenters. The average Bonchev–Trinajstić information content (AvgIpc) is 4.05. The standard InChI is InChI=1S/C46H58Cl2N8O6/c1-23(2)35(51-45(59)61-7)43(57)55-25(5)9-19-33(55)41-49-37(39(47)53-41)28-13-11-27(12-14-28)29-15-16-31-22-32(18-17-30(31)21-29)38-40(48)54-42(50-38)34-20-10-26(6)56(34)44(58)36(24(3)4)52-46(60)62-8/h11-18,21-26,33-40H,9-10,19-20H2,1-8H3,(H,49,53)(H,50,54)(H,51,59)(H,52,60)/t25-,26-,33-,34-,35-,36-,37?,38?,39?,40?/m0/s1. The number of hydrogen-bond donors (Lipinski definition) is 4. The van der Waals surface area contributed by atoms with Crippen LogP contribution in [-0.4, -0.2) is 107 Å². The second kappa shape index (κ2) is 18.7. The molecule has 0 aromatic heterocycles. The SMILES string of the molecule is COC(=O)N[C@H](C(=O)N1[C@@H](C)CC[C@H]1C1=NC(c2ccc(-c3ccc4cc(C5N=C([C@@H]6CC[C@H](C)N6C(=O)[C@@H](NC(=O)OC)C(C)C)NC5Cl)ccc4c3)cc2)C(Cl)N1)C(C)C. The van der Waals surface area contributed by atoms with Gasteiger partial charge in [-0.25, -0.2) is 9.59 Å². The van der Waals surface area contributed by atoms with E-state index in [1.54, 1.807) is 0 Å². The molecule has 2 saturated heterocycles. The third-order valence-corrected chi connectivity index (χ3v) is 13.4. The van der Waals surface area contributed by atoms with Crippen LogP contribution < -0.4 is 21.3 Å². The predicted molar refractivity (Wildman–Crippen MR) is 242 cm³/mol. The first-order valence-corrected chi connectivity index (χ1v) is 22.4. The minimum atomic E-state index is -0.732. The number of hydrogen-bond acceptors (Lipinski definition) is 10. The quantitative estimate of drug-likeness (QED) is 0.116. The van der Waals surface area contributed by atoms with Crippen LogP contribution in [0.3, 0.4) is 0 Å². The third kappa shape index (κ3) is 9.04. The van der Waals surface area contributed by atoms with E-state index in [0.29, 0.717) is 11.7 Å². The number of benzene rings is 3. The number of fused-ring (bicyclic) bond motifs is 1. The molecule has 332 valence electrons. The molecule has 62 heavy (non-hydrogen) atoms. The normalized spacial score (nSPS) is 26.8. The molecule has 4 heterocycles. The molecule has 0 saturated carbocycles. The number of alkyl halides is 2. The van der Waals surface area contributed by atoms with Crippen LogP contribution >= 0.6 is 23.2 Å². The lowest BCUT2D eigenvalue weighted by molar-refractivity contribution is -0.136. The van der Waals surface area contributed by atoms with Crippen LogP contribution in [-0.2, 0) is 19.1 Å². The first kappa shape index (κ1) is 45.0. The summed E-state index contributed by atoms with van der Waals surface area (Å²) in [6.07, 6.45) is 1.80. The maximum absolute atomic E-state index is 13.9. The molecule has 4 aliphatic heterocycles. The van der Waals surface area contributed by atoms with Crippen molar-refractivity contribution in [1.82, 2.24) is 31.1 Å². The Kier molecular flexibility index (Phi) is 13.6. The number of rotatable bonds is 11. The number of amidine groups is 2. The lowest BCUT2D eigenvalue weighted by Crippen LogP contribution is -2.56. The van der Waals surface area contributed by atoms with Crippen LogP contribution in [0.4, 0.5) is 9.59 Å². The van der Waals surface area contributed by atoms with Crippen molar-refractivity contribution in [2.24, 2.45) is 21.8 Å². The van der Waals surface area contributed by atoms with Crippen LogP contribution in [0, 0.1) is 11.8 Å². The molecular formula is C46H58Cl2N8O6. The zero-order valence-electron chi connectivity index (χ0n) is 36.5. The monoisotopic (exact) mass is 888 g/mol. The summed E-state index contributed by atoms with van der Waals surface area (Å²) in [4.78, 5) is 65.7. The van der Waals surface area contributed by atoms with Crippen LogP contribution in [0.15, 0.2) is 70.6 Å². The van der Waals surface area contributed by atoms with Crippen LogP contribution in [0.25, 0.3) is 21.9 Å². The van der Waals surface area contributed by atoms with Crippen molar-refractivity contribution < 1.29 is 28.7 Å². The number of aliphatic imine (C=N–C) groups is 2. The Morgan fingerprint density at radius 2 is 1.05 bits per heavy atom. The topological polar surface area (TPSA) is 166 Å². The van der Waals surface area contributed by atoms with E-state index >= 15 is 0 Å². The van der Waals surface area contributed by atoms with Gasteiger partial charge in [-0.2, -0.15) is 0 Å². The zero-order chi connectivity index (χ0) is 44.6. The van der Waals surface area contributed by atoms with E-state index < -0.39 is 35.3 Å². The van der Waals surface area contributed by atoms with Crippen molar-refractivity contribution in [2.75, 3.05) is 14.2 Å². The van der Waals surface area contributed by atoms with Gasteiger partial charge in [-0.15, -0.1) is 0 Å². The molecule has 0 aliphatic carbocycles. The highest BCUT2D eigenvalue weighted by molar-refractivity contribution is 6.23. The van der Waals surface area contributed by atoms with Gasteiger partial charge in [0.15, 0.2) is 0 Å². The number of ether oxygens (including phenoxy) is 2. The van der Waals surface area contributed by atoms with E-state index in [2.05, 4.69) is 69.8 Å². The Bertz CT molecular complexity index is 2240. The zero-order valence-corrected chi connectivity index (χ0v) is 38.0. The van der Waals surface area contributed by atoms with E-state index in [1.165, 1.54) is 14.2 Å². The highest BCUT2D eigenvalue weighted by Crippen LogP contribution is 2.37. The van der Waals surface area contributed by atoms with Gasteiger partial charge in [0.1, 0.15) is 46.8 Å². The highest BCUT2D eigenvalue weighted by atomic mass is 35.5. The Balaban J connectivity index is 1.05. The Morgan fingerprint density at radius 3 is 1.52 bits per heavy atom. The fourth-order valence-electron chi connectivity index (χ4n) is 9.26. The molecule has 10 atom stereocenters. The number of methoxy groups -OCH3 is 2. The molecule has 4 amide bonds. The van der Waals surface area contributed by atoms with Crippen molar-refractivity contribution in [2.45, 2.75) is 127 Å². The van der Waals surface area contributed by atoms with Gasteiger partial charge < -0.3 is 40.5 Å². The third-order valence-electron chi connectivity index (χ3n) is 12.7. The number of carbonyl (C=O) groups is 4.